The van der Waals surface area contributed by atoms with E-state index >= 15 is 0 Å². The third-order valence-corrected chi connectivity index (χ3v) is 1.55. The van der Waals surface area contributed by atoms with Crippen molar-refractivity contribution in [1.29, 1.82) is 0 Å². The smallest absolute Gasteiger partial charge is 0.308 e. The summed E-state index contributed by atoms with van der Waals surface area (Å²) in [5.74, 6) is -0.924. The number of esters is 1. The zero-order valence-electron chi connectivity index (χ0n) is 11.6. The molecule has 1 N–H and O–H groups in total. The minimum Gasteiger partial charge on any atom is -0.461 e. The van der Waals surface area contributed by atoms with Gasteiger partial charge < -0.3 is 9.84 Å². The van der Waals surface area contributed by atoms with Gasteiger partial charge in [-0.25, -0.2) is 0 Å². The minimum absolute atomic E-state index is 0.0171. The second kappa shape index (κ2) is 5.40. The molecule has 1 unspecified atom stereocenters. The summed E-state index contributed by atoms with van der Waals surface area (Å²) in [6.07, 6.45) is -3.71. The molecule has 3 heteroatoms. The Morgan fingerprint density at radius 1 is 1.64 bits per heavy atom. The Kier molecular flexibility index (Phi) is 2.39. The highest BCUT2D eigenvalue weighted by atomic mass is 16.5. The van der Waals surface area contributed by atoms with Gasteiger partial charge in [-0.15, -0.1) is 0 Å². The monoisotopic (exact) mass is 198 g/mol. The van der Waals surface area contributed by atoms with Crippen LogP contribution in [-0.2, 0) is 16.1 Å². The molecule has 14 heavy (non-hydrogen) atoms. The van der Waals surface area contributed by atoms with Crippen LogP contribution in [0.1, 0.15) is 24.3 Å². The van der Waals surface area contributed by atoms with Gasteiger partial charge in [0, 0.05) is 4.11 Å². The van der Waals surface area contributed by atoms with Crippen molar-refractivity contribution < 1.29 is 20.1 Å². The zero-order chi connectivity index (χ0) is 13.8. The third-order valence-electron chi connectivity index (χ3n) is 1.55. The average molecular weight is 198 g/mol. The van der Waals surface area contributed by atoms with Gasteiger partial charge in [0.25, 0.3) is 0 Å². The van der Waals surface area contributed by atoms with E-state index in [1.807, 2.05) is 6.07 Å². The number of aliphatic hydroxyl groups is 1. The lowest BCUT2D eigenvalue weighted by atomic mass is 10.2. The SMILES string of the molecule is [2H]C([2H])([2H])C([2H])(O)CC(=O)OCc1ccccc1. The van der Waals surface area contributed by atoms with Crippen LogP contribution in [0.3, 0.4) is 0 Å². The van der Waals surface area contributed by atoms with E-state index in [2.05, 4.69) is 0 Å². The summed E-state index contributed by atoms with van der Waals surface area (Å²) in [6.45, 7) is -2.96. The summed E-state index contributed by atoms with van der Waals surface area (Å²) in [4.78, 5) is 11.3. The van der Waals surface area contributed by atoms with Crippen molar-refractivity contribution in [2.24, 2.45) is 0 Å². The van der Waals surface area contributed by atoms with Gasteiger partial charge in [-0.3, -0.25) is 4.79 Å². The lowest BCUT2D eigenvalue weighted by Gasteiger charge is -2.05. The molecule has 0 saturated carbocycles. The molecule has 1 rings (SSSR count). The Labute approximate surface area is 88.9 Å². The molecule has 0 radical (unpaired) electrons. The van der Waals surface area contributed by atoms with E-state index in [9.17, 15) is 9.90 Å². The van der Waals surface area contributed by atoms with E-state index < -0.39 is 25.3 Å². The minimum atomic E-state index is -2.95. The highest BCUT2D eigenvalue weighted by Gasteiger charge is 2.06. The van der Waals surface area contributed by atoms with Gasteiger partial charge in [0.05, 0.1) is 13.9 Å². The predicted molar refractivity (Wildman–Crippen MR) is 52.5 cm³/mol. The van der Waals surface area contributed by atoms with Gasteiger partial charge in [-0.2, -0.15) is 0 Å². The molecule has 0 aromatic heterocycles. The fraction of sp³-hybridized carbons (Fsp3) is 0.364. The number of carbonyl (C=O) groups is 1. The molecule has 76 valence electrons. The van der Waals surface area contributed by atoms with Crippen molar-refractivity contribution in [3.8, 4) is 0 Å². The van der Waals surface area contributed by atoms with E-state index in [0.29, 0.717) is 0 Å². The lowest BCUT2D eigenvalue weighted by Crippen LogP contribution is -2.12. The quantitative estimate of drug-likeness (QED) is 0.746. The number of hydrogen-bond donors (Lipinski definition) is 1. The predicted octanol–water partition coefficient (Wildman–Crippen LogP) is 1.50. The molecule has 0 spiro atoms. The van der Waals surface area contributed by atoms with Crippen LogP contribution in [0.2, 0.25) is 0 Å². The number of hydrogen-bond acceptors (Lipinski definition) is 3. The van der Waals surface area contributed by atoms with Gasteiger partial charge in [-0.05, 0) is 12.4 Å². The lowest BCUT2D eigenvalue weighted by molar-refractivity contribution is -0.146. The van der Waals surface area contributed by atoms with Gasteiger partial charge in [0.15, 0.2) is 0 Å². The molecule has 0 amide bonds. The molecule has 0 aliphatic rings. The second-order valence-corrected chi connectivity index (χ2v) is 2.77. The first-order valence-electron chi connectivity index (χ1n) is 6.14. The van der Waals surface area contributed by atoms with Crippen LogP contribution >= 0.6 is 0 Å². The number of ether oxygens (including phenoxy) is 1. The summed E-state index contributed by atoms with van der Waals surface area (Å²) in [7, 11) is 0. The van der Waals surface area contributed by atoms with E-state index in [-0.39, 0.29) is 6.61 Å². The van der Waals surface area contributed by atoms with Crippen LogP contribution in [-0.4, -0.2) is 17.2 Å². The van der Waals surface area contributed by atoms with Crippen LogP contribution in [0.25, 0.3) is 0 Å². The maximum absolute atomic E-state index is 11.3. The fourth-order valence-electron chi connectivity index (χ4n) is 0.926. The zero-order valence-corrected chi connectivity index (χ0v) is 7.56. The Bertz CT molecular complexity index is 400. The molecule has 0 saturated heterocycles. The van der Waals surface area contributed by atoms with Gasteiger partial charge in [0.2, 0.25) is 0 Å². The molecule has 0 bridgehead atoms. The fourth-order valence-corrected chi connectivity index (χ4v) is 0.926. The van der Waals surface area contributed by atoms with Crippen molar-refractivity contribution in [1.82, 2.24) is 0 Å². The standard InChI is InChI=1S/C11H14O3/c1-9(12)7-11(13)14-8-10-5-3-2-4-6-10/h2-6,9,12H,7-8H2,1H3/i1D3,9D. The first-order chi connectivity index (χ1) is 8.22. The van der Waals surface area contributed by atoms with Crippen molar-refractivity contribution in [3.05, 3.63) is 35.9 Å². The highest BCUT2D eigenvalue weighted by molar-refractivity contribution is 5.69. The number of rotatable bonds is 4. The molecule has 1 atom stereocenters. The summed E-state index contributed by atoms with van der Waals surface area (Å²) in [5.41, 5.74) is 0.744. The van der Waals surface area contributed by atoms with Crippen LogP contribution in [0.5, 0.6) is 0 Å². The van der Waals surface area contributed by atoms with E-state index in [0.717, 1.165) is 5.56 Å². The summed E-state index contributed by atoms with van der Waals surface area (Å²) >= 11 is 0. The van der Waals surface area contributed by atoms with Crippen molar-refractivity contribution >= 4 is 5.97 Å². The van der Waals surface area contributed by atoms with E-state index in [1.54, 1.807) is 24.3 Å². The molecule has 1 aromatic carbocycles. The second-order valence-electron chi connectivity index (χ2n) is 2.77. The van der Waals surface area contributed by atoms with Crippen LogP contribution in [0.4, 0.5) is 0 Å². The summed E-state index contributed by atoms with van der Waals surface area (Å²) in [6, 6.07) is 8.83. The maximum Gasteiger partial charge on any atom is 0.308 e. The summed E-state index contributed by atoms with van der Waals surface area (Å²) < 4.78 is 32.7. The topological polar surface area (TPSA) is 46.5 Å². The van der Waals surface area contributed by atoms with Gasteiger partial charge in [-0.1, -0.05) is 30.3 Å². The van der Waals surface area contributed by atoms with Crippen molar-refractivity contribution in [2.75, 3.05) is 0 Å². The molecular formula is C11H14O3. The Balaban J connectivity index is 2.48. The molecule has 3 nitrogen and oxygen atoms in total. The van der Waals surface area contributed by atoms with Crippen LogP contribution in [0, 0.1) is 0 Å². The normalized spacial score (nSPS) is 19.5. The van der Waals surface area contributed by atoms with Crippen LogP contribution < -0.4 is 0 Å². The maximum atomic E-state index is 11.3. The van der Waals surface area contributed by atoms with Crippen LogP contribution in [0.15, 0.2) is 30.3 Å². The Hall–Kier alpha value is -1.35. The Morgan fingerprint density at radius 3 is 3.00 bits per heavy atom. The van der Waals surface area contributed by atoms with E-state index in [4.69, 9.17) is 10.2 Å². The Morgan fingerprint density at radius 2 is 2.36 bits per heavy atom. The molecule has 0 fully saturated rings. The van der Waals surface area contributed by atoms with E-state index in [1.165, 1.54) is 0 Å². The largest absolute Gasteiger partial charge is 0.461 e. The molecule has 0 aliphatic carbocycles. The molecular weight excluding hydrogens is 180 g/mol. The third kappa shape index (κ3) is 4.05. The van der Waals surface area contributed by atoms with Gasteiger partial charge >= 0.3 is 5.97 Å². The van der Waals surface area contributed by atoms with Crippen molar-refractivity contribution in [2.45, 2.75) is 26.0 Å². The summed E-state index contributed by atoms with van der Waals surface area (Å²) in [5, 5.41) is 9.32. The molecule has 0 aliphatic heterocycles. The first kappa shape index (κ1) is 6.19. The van der Waals surface area contributed by atoms with Crippen molar-refractivity contribution in [3.63, 3.8) is 0 Å². The first-order valence-corrected chi connectivity index (χ1v) is 4.14. The van der Waals surface area contributed by atoms with Gasteiger partial charge in [0.1, 0.15) is 6.61 Å². The molecule has 1 aromatic rings. The number of benzene rings is 1. The highest BCUT2D eigenvalue weighted by Crippen LogP contribution is 2.02. The molecule has 0 heterocycles. The number of carbonyl (C=O) groups excluding carboxylic acids is 1. The average Bonchev–Trinajstić information content (AvgIpc) is 2.26.